The molecule has 0 saturated heterocycles. The number of methoxy groups -OCH3 is 1. The number of aromatic hydroxyl groups is 1. The zero-order valence-electron chi connectivity index (χ0n) is 8.62. The Kier molecular flexibility index (Phi) is 3.88. The average Bonchev–Trinajstić information content (AvgIpc) is 2.22. The molecule has 0 aromatic heterocycles. The Morgan fingerprint density at radius 2 is 2.20 bits per heavy atom. The number of phenolic OH excluding ortho intramolecular Hbond substituents is 1. The van der Waals surface area contributed by atoms with Crippen LogP contribution in [0.3, 0.4) is 0 Å². The molecule has 0 aliphatic rings. The van der Waals surface area contributed by atoms with Gasteiger partial charge in [-0.3, -0.25) is 0 Å². The molecule has 0 amide bonds. The SMILES string of the molecule is CNCC(O)c1c(OC)ccc(O)c1F. The van der Waals surface area contributed by atoms with Crippen LogP contribution in [0.4, 0.5) is 4.39 Å². The summed E-state index contributed by atoms with van der Waals surface area (Å²) in [5, 5.41) is 21.5. The highest BCUT2D eigenvalue weighted by molar-refractivity contribution is 5.42. The maximum Gasteiger partial charge on any atom is 0.174 e. The van der Waals surface area contributed by atoms with E-state index in [4.69, 9.17) is 4.74 Å². The molecule has 0 fully saturated rings. The van der Waals surface area contributed by atoms with E-state index in [9.17, 15) is 14.6 Å². The first-order chi connectivity index (χ1) is 7.11. The van der Waals surface area contributed by atoms with Crippen molar-refractivity contribution in [1.82, 2.24) is 5.32 Å². The van der Waals surface area contributed by atoms with Gasteiger partial charge >= 0.3 is 0 Å². The monoisotopic (exact) mass is 215 g/mol. The molecular weight excluding hydrogens is 201 g/mol. The lowest BCUT2D eigenvalue weighted by atomic mass is 10.1. The van der Waals surface area contributed by atoms with Crippen molar-refractivity contribution >= 4 is 0 Å². The number of likely N-dealkylation sites (N-methyl/N-ethyl adjacent to an activating group) is 1. The number of rotatable bonds is 4. The molecule has 1 unspecified atom stereocenters. The van der Waals surface area contributed by atoms with Gasteiger partial charge in [0.05, 0.1) is 18.8 Å². The summed E-state index contributed by atoms with van der Waals surface area (Å²) in [6, 6.07) is 2.59. The smallest absolute Gasteiger partial charge is 0.174 e. The molecule has 3 N–H and O–H groups in total. The van der Waals surface area contributed by atoms with E-state index in [1.807, 2.05) is 0 Å². The molecule has 84 valence electrons. The van der Waals surface area contributed by atoms with Crippen LogP contribution in [0.1, 0.15) is 11.7 Å². The van der Waals surface area contributed by atoms with Crippen molar-refractivity contribution in [2.45, 2.75) is 6.10 Å². The van der Waals surface area contributed by atoms with Gasteiger partial charge in [-0.2, -0.15) is 0 Å². The van der Waals surface area contributed by atoms with Crippen molar-refractivity contribution in [2.75, 3.05) is 20.7 Å². The third-order valence-electron chi connectivity index (χ3n) is 2.07. The molecule has 0 aliphatic heterocycles. The van der Waals surface area contributed by atoms with Gasteiger partial charge in [-0.25, -0.2) is 4.39 Å². The van der Waals surface area contributed by atoms with Crippen molar-refractivity contribution in [1.29, 1.82) is 0 Å². The molecule has 0 radical (unpaired) electrons. The first-order valence-electron chi connectivity index (χ1n) is 4.49. The van der Waals surface area contributed by atoms with E-state index in [-0.39, 0.29) is 17.9 Å². The molecule has 1 aromatic rings. The highest BCUT2D eigenvalue weighted by Crippen LogP contribution is 2.32. The molecule has 1 aromatic carbocycles. The summed E-state index contributed by atoms with van der Waals surface area (Å²) in [7, 11) is 3.01. The number of benzene rings is 1. The molecule has 5 heteroatoms. The Bertz CT molecular complexity index is 344. The third kappa shape index (κ3) is 2.37. The minimum Gasteiger partial charge on any atom is -0.505 e. The van der Waals surface area contributed by atoms with Gasteiger partial charge in [0.25, 0.3) is 0 Å². The molecule has 0 heterocycles. The number of phenols is 1. The molecule has 15 heavy (non-hydrogen) atoms. The van der Waals surface area contributed by atoms with E-state index >= 15 is 0 Å². The quantitative estimate of drug-likeness (QED) is 0.695. The average molecular weight is 215 g/mol. The van der Waals surface area contributed by atoms with Gasteiger partial charge in [0, 0.05) is 6.54 Å². The number of halogens is 1. The van der Waals surface area contributed by atoms with E-state index in [1.165, 1.54) is 19.2 Å². The number of hydrogen-bond donors (Lipinski definition) is 3. The summed E-state index contributed by atoms with van der Waals surface area (Å²) in [4.78, 5) is 0. The standard InChI is InChI=1S/C10H14FNO3/c1-12-5-7(14)9-8(15-2)4-3-6(13)10(9)11/h3-4,7,12-14H,5H2,1-2H3. The van der Waals surface area contributed by atoms with Gasteiger partial charge in [-0.05, 0) is 19.2 Å². The summed E-state index contributed by atoms with van der Waals surface area (Å²) < 4.78 is 18.4. The summed E-state index contributed by atoms with van der Waals surface area (Å²) in [5.41, 5.74) is -0.0353. The molecule has 1 rings (SSSR count). The van der Waals surface area contributed by atoms with Crippen LogP contribution in [0.5, 0.6) is 11.5 Å². The van der Waals surface area contributed by atoms with E-state index in [1.54, 1.807) is 7.05 Å². The summed E-state index contributed by atoms with van der Waals surface area (Å²) in [6.07, 6.45) is -1.06. The number of aliphatic hydroxyl groups is 1. The van der Waals surface area contributed by atoms with E-state index < -0.39 is 17.7 Å². The topological polar surface area (TPSA) is 61.7 Å². The fraction of sp³-hybridized carbons (Fsp3) is 0.400. The van der Waals surface area contributed by atoms with E-state index in [2.05, 4.69) is 5.32 Å². The highest BCUT2D eigenvalue weighted by Gasteiger charge is 2.20. The Labute approximate surface area is 87.3 Å². The largest absolute Gasteiger partial charge is 0.505 e. The van der Waals surface area contributed by atoms with Gasteiger partial charge in [0.1, 0.15) is 5.75 Å². The third-order valence-corrected chi connectivity index (χ3v) is 2.07. The normalized spacial score (nSPS) is 12.5. The molecule has 0 spiro atoms. The minimum absolute atomic E-state index is 0.0353. The van der Waals surface area contributed by atoms with Gasteiger partial charge in [-0.15, -0.1) is 0 Å². The lowest BCUT2D eigenvalue weighted by Crippen LogP contribution is -2.18. The van der Waals surface area contributed by atoms with Crippen molar-refractivity contribution in [3.63, 3.8) is 0 Å². The van der Waals surface area contributed by atoms with E-state index in [0.29, 0.717) is 0 Å². The van der Waals surface area contributed by atoms with Gasteiger partial charge in [0.15, 0.2) is 11.6 Å². The van der Waals surface area contributed by atoms with Gasteiger partial charge < -0.3 is 20.3 Å². The maximum atomic E-state index is 13.5. The summed E-state index contributed by atoms with van der Waals surface area (Å²) in [6.45, 7) is 0.177. The Morgan fingerprint density at radius 3 is 2.73 bits per heavy atom. The lowest BCUT2D eigenvalue weighted by molar-refractivity contribution is 0.167. The Morgan fingerprint density at radius 1 is 1.53 bits per heavy atom. The van der Waals surface area contributed by atoms with Crippen LogP contribution < -0.4 is 10.1 Å². The minimum atomic E-state index is -1.06. The predicted octanol–water partition coefficient (Wildman–Crippen LogP) is 0.793. The zero-order chi connectivity index (χ0) is 11.4. The van der Waals surface area contributed by atoms with Crippen molar-refractivity contribution < 1.29 is 19.3 Å². The molecule has 1 atom stereocenters. The van der Waals surface area contributed by atoms with Gasteiger partial charge in [0.2, 0.25) is 0 Å². The van der Waals surface area contributed by atoms with Crippen LogP contribution in [0.25, 0.3) is 0 Å². The lowest BCUT2D eigenvalue weighted by Gasteiger charge is -2.15. The summed E-state index contributed by atoms with van der Waals surface area (Å²) in [5.74, 6) is -1.13. The number of ether oxygens (including phenoxy) is 1. The van der Waals surface area contributed by atoms with Crippen LogP contribution in [-0.4, -0.2) is 30.9 Å². The van der Waals surface area contributed by atoms with Crippen LogP contribution in [0.15, 0.2) is 12.1 Å². The fourth-order valence-corrected chi connectivity index (χ4v) is 1.35. The molecule has 0 bridgehead atoms. The number of aliphatic hydroxyl groups excluding tert-OH is 1. The second kappa shape index (κ2) is 4.95. The van der Waals surface area contributed by atoms with Crippen LogP contribution in [0, 0.1) is 5.82 Å². The Hall–Kier alpha value is -1.33. The first-order valence-corrected chi connectivity index (χ1v) is 4.49. The van der Waals surface area contributed by atoms with Crippen molar-refractivity contribution in [3.8, 4) is 11.5 Å². The van der Waals surface area contributed by atoms with Crippen molar-refractivity contribution in [2.24, 2.45) is 0 Å². The maximum absolute atomic E-state index is 13.5. The van der Waals surface area contributed by atoms with Crippen LogP contribution in [0.2, 0.25) is 0 Å². The van der Waals surface area contributed by atoms with Crippen molar-refractivity contribution in [3.05, 3.63) is 23.5 Å². The van der Waals surface area contributed by atoms with E-state index in [0.717, 1.165) is 0 Å². The Balaban J connectivity index is 3.17. The molecule has 0 saturated carbocycles. The zero-order valence-corrected chi connectivity index (χ0v) is 8.62. The molecule has 4 nitrogen and oxygen atoms in total. The molecular formula is C10H14FNO3. The van der Waals surface area contributed by atoms with Gasteiger partial charge in [-0.1, -0.05) is 0 Å². The molecule has 0 aliphatic carbocycles. The van der Waals surface area contributed by atoms with Crippen LogP contribution >= 0.6 is 0 Å². The summed E-state index contributed by atoms with van der Waals surface area (Å²) >= 11 is 0. The second-order valence-corrected chi connectivity index (χ2v) is 3.09. The first kappa shape index (κ1) is 11.7. The predicted molar refractivity (Wildman–Crippen MR) is 53.5 cm³/mol. The highest BCUT2D eigenvalue weighted by atomic mass is 19.1. The number of hydrogen-bond acceptors (Lipinski definition) is 4. The second-order valence-electron chi connectivity index (χ2n) is 3.09. The van der Waals surface area contributed by atoms with Crippen LogP contribution in [-0.2, 0) is 0 Å². The number of nitrogens with one attached hydrogen (secondary N) is 1. The fourth-order valence-electron chi connectivity index (χ4n) is 1.35.